The summed E-state index contributed by atoms with van der Waals surface area (Å²) in [7, 11) is 1.69. The molecule has 0 radical (unpaired) electrons. The van der Waals surface area contributed by atoms with E-state index in [9.17, 15) is 10.1 Å². The van der Waals surface area contributed by atoms with E-state index in [2.05, 4.69) is 10.4 Å². The first kappa shape index (κ1) is 13.4. The van der Waals surface area contributed by atoms with Gasteiger partial charge in [0, 0.05) is 19.6 Å². The van der Waals surface area contributed by atoms with E-state index in [4.69, 9.17) is 5.73 Å². The Balaban J connectivity index is 3.04. The molecule has 3 N–H and O–H groups in total. The topological polar surface area (TPSA) is 99.0 Å². The Hall–Kier alpha value is -1.63. The van der Waals surface area contributed by atoms with Gasteiger partial charge in [-0.1, -0.05) is 13.3 Å². The molecule has 0 fully saturated rings. The summed E-state index contributed by atoms with van der Waals surface area (Å²) in [5.74, 6) is 0.427. The molecule has 0 spiro atoms. The molecular formula is C10H19N5O2. The fourth-order valence-corrected chi connectivity index (χ4v) is 1.62. The van der Waals surface area contributed by atoms with Crippen LogP contribution < -0.4 is 11.1 Å². The molecule has 1 atom stereocenters. The highest BCUT2D eigenvalue weighted by atomic mass is 16.6. The molecule has 0 amide bonds. The maximum absolute atomic E-state index is 11.1. The molecule has 17 heavy (non-hydrogen) atoms. The van der Waals surface area contributed by atoms with Crippen molar-refractivity contribution in [3.8, 4) is 0 Å². The van der Waals surface area contributed by atoms with Crippen LogP contribution in [0.4, 0.5) is 11.5 Å². The summed E-state index contributed by atoms with van der Waals surface area (Å²) in [4.78, 5) is 10.7. The molecule has 1 heterocycles. The summed E-state index contributed by atoms with van der Waals surface area (Å²) < 4.78 is 1.51. The number of hydrogen-bond donors (Lipinski definition) is 2. The first-order valence-corrected chi connectivity index (χ1v) is 5.67. The maximum atomic E-state index is 11.1. The van der Waals surface area contributed by atoms with Crippen LogP contribution in [0.2, 0.25) is 0 Å². The van der Waals surface area contributed by atoms with Gasteiger partial charge in [-0.05, 0) is 13.3 Å². The summed E-state index contributed by atoms with van der Waals surface area (Å²) in [6, 6.07) is -0.0703. The van der Waals surface area contributed by atoms with Crippen molar-refractivity contribution in [3.63, 3.8) is 0 Å². The fourth-order valence-electron chi connectivity index (χ4n) is 1.62. The number of hydrogen-bond acceptors (Lipinski definition) is 5. The number of nitrogens with one attached hydrogen (secondary N) is 1. The van der Waals surface area contributed by atoms with Crippen molar-refractivity contribution in [1.82, 2.24) is 9.78 Å². The highest BCUT2D eigenvalue weighted by Gasteiger charge is 2.25. The third kappa shape index (κ3) is 3.16. The molecule has 1 unspecified atom stereocenters. The summed E-state index contributed by atoms with van der Waals surface area (Å²) in [6.45, 7) is 4.28. The molecular weight excluding hydrogens is 222 g/mol. The van der Waals surface area contributed by atoms with Crippen molar-refractivity contribution in [2.45, 2.75) is 32.7 Å². The minimum Gasteiger partial charge on any atom is -0.363 e. The lowest BCUT2D eigenvalue weighted by atomic mass is 10.2. The largest absolute Gasteiger partial charge is 0.363 e. The van der Waals surface area contributed by atoms with Crippen LogP contribution in [0.1, 0.15) is 26.0 Å². The van der Waals surface area contributed by atoms with Gasteiger partial charge in [-0.2, -0.15) is 5.10 Å². The Morgan fingerprint density at radius 1 is 1.65 bits per heavy atom. The second kappa shape index (κ2) is 5.62. The monoisotopic (exact) mass is 241 g/mol. The van der Waals surface area contributed by atoms with E-state index in [1.165, 1.54) is 4.68 Å². The number of rotatable bonds is 6. The van der Waals surface area contributed by atoms with Gasteiger partial charge in [0.2, 0.25) is 5.82 Å². The molecule has 1 aromatic heterocycles. The van der Waals surface area contributed by atoms with Crippen molar-refractivity contribution in [1.29, 1.82) is 0 Å². The number of nitrogens with zero attached hydrogens (tertiary/aromatic N) is 3. The van der Waals surface area contributed by atoms with Crippen molar-refractivity contribution in [2.75, 3.05) is 11.9 Å². The molecule has 0 aliphatic carbocycles. The molecule has 0 saturated carbocycles. The Labute approximate surface area is 100 Å². The highest BCUT2D eigenvalue weighted by molar-refractivity contribution is 5.59. The van der Waals surface area contributed by atoms with Crippen LogP contribution in [-0.4, -0.2) is 27.3 Å². The Bertz CT molecular complexity index is 400. The van der Waals surface area contributed by atoms with Gasteiger partial charge in [0.05, 0.1) is 4.92 Å². The summed E-state index contributed by atoms with van der Waals surface area (Å²) >= 11 is 0. The van der Waals surface area contributed by atoms with E-state index in [1.807, 2.05) is 13.8 Å². The van der Waals surface area contributed by atoms with Gasteiger partial charge >= 0.3 is 5.69 Å². The zero-order valence-electron chi connectivity index (χ0n) is 10.4. The fraction of sp³-hybridized carbons (Fsp3) is 0.700. The number of aromatic nitrogens is 2. The quantitative estimate of drug-likeness (QED) is 0.572. The molecule has 0 aromatic carbocycles. The zero-order chi connectivity index (χ0) is 13.0. The van der Waals surface area contributed by atoms with Crippen molar-refractivity contribution >= 4 is 11.5 Å². The second-order valence-electron chi connectivity index (χ2n) is 4.13. The van der Waals surface area contributed by atoms with E-state index in [0.717, 1.165) is 6.42 Å². The zero-order valence-corrected chi connectivity index (χ0v) is 10.4. The van der Waals surface area contributed by atoms with Crippen LogP contribution in [-0.2, 0) is 13.5 Å². The molecule has 96 valence electrons. The number of anilines is 1. The molecule has 0 bridgehead atoms. The third-order valence-corrected chi connectivity index (χ3v) is 2.35. The van der Waals surface area contributed by atoms with Crippen LogP contribution in [0, 0.1) is 10.1 Å². The van der Waals surface area contributed by atoms with E-state index < -0.39 is 0 Å². The molecule has 0 aliphatic heterocycles. The Morgan fingerprint density at radius 2 is 2.29 bits per heavy atom. The second-order valence-corrected chi connectivity index (χ2v) is 4.13. The SMILES string of the molecule is CCCc1nn(C)c(NCC(C)N)c1[N+](=O)[O-]. The first-order valence-electron chi connectivity index (χ1n) is 5.67. The van der Waals surface area contributed by atoms with Gasteiger partial charge in [-0.15, -0.1) is 0 Å². The van der Waals surface area contributed by atoms with E-state index in [0.29, 0.717) is 24.5 Å². The van der Waals surface area contributed by atoms with Gasteiger partial charge in [-0.25, -0.2) is 4.68 Å². The van der Waals surface area contributed by atoms with Gasteiger partial charge in [0.1, 0.15) is 5.69 Å². The molecule has 0 aliphatic rings. The minimum atomic E-state index is -0.387. The number of nitrogens with two attached hydrogens (primary N) is 1. The lowest BCUT2D eigenvalue weighted by Crippen LogP contribution is -2.26. The summed E-state index contributed by atoms with van der Waals surface area (Å²) in [6.07, 6.45) is 1.43. The highest BCUT2D eigenvalue weighted by Crippen LogP contribution is 2.28. The predicted molar refractivity (Wildman–Crippen MR) is 66.0 cm³/mol. The van der Waals surface area contributed by atoms with E-state index in [-0.39, 0.29) is 16.7 Å². The van der Waals surface area contributed by atoms with Crippen LogP contribution in [0.3, 0.4) is 0 Å². The number of aryl methyl sites for hydroxylation is 2. The predicted octanol–water partition coefficient (Wildman–Crippen LogP) is 1.04. The van der Waals surface area contributed by atoms with E-state index in [1.54, 1.807) is 7.05 Å². The standard InChI is InChI=1S/C10H19N5O2/c1-4-5-8-9(15(16)17)10(14(3)13-8)12-6-7(2)11/h7,12H,4-6,11H2,1-3H3. The van der Waals surface area contributed by atoms with Crippen LogP contribution >= 0.6 is 0 Å². The van der Waals surface area contributed by atoms with Crippen molar-refractivity contribution in [2.24, 2.45) is 12.8 Å². The van der Waals surface area contributed by atoms with Gasteiger partial charge in [0.25, 0.3) is 0 Å². The normalized spacial score (nSPS) is 12.5. The summed E-state index contributed by atoms with van der Waals surface area (Å²) in [5, 5.41) is 18.2. The Morgan fingerprint density at radius 3 is 2.76 bits per heavy atom. The van der Waals surface area contributed by atoms with Gasteiger partial charge < -0.3 is 11.1 Å². The summed E-state index contributed by atoms with van der Waals surface area (Å²) in [5.41, 5.74) is 6.21. The molecule has 1 rings (SSSR count). The first-order chi connectivity index (χ1) is 7.97. The Kier molecular flexibility index (Phi) is 4.45. The average Bonchev–Trinajstić information content (AvgIpc) is 2.52. The van der Waals surface area contributed by atoms with Crippen molar-refractivity contribution in [3.05, 3.63) is 15.8 Å². The van der Waals surface area contributed by atoms with E-state index >= 15 is 0 Å². The van der Waals surface area contributed by atoms with Crippen LogP contribution in [0.5, 0.6) is 0 Å². The average molecular weight is 241 g/mol. The van der Waals surface area contributed by atoms with Crippen molar-refractivity contribution < 1.29 is 4.92 Å². The molecule has 0 saturated heterocycles. The molecule has 7 nitrogen and oxygen atoms in total. The minimum absolute atomic E-state index is 0.0648. The van der Waals surface area contributed by atoms with Crippen LogP contribution in [0.25, 0.3) is 0 Å². The maximum Gasteiger partial charge on any atom is 0.333 e. The van der Waals surface area contributed by atoms with Gasteiger partial charge in [-0.3, -0.25) is 10.1 Å². The molecule has 1 aromatic rings. The number of nitro groups is 1. The molecule has 7 heteroatoms. The third-order valence-electron chi connectivity index (χ3n) is 2.35. The van der Waals surface area contributed by atoms with Gasteiger partial charge in [0.15, 0.2) is 0 Å². The smallest absolute Gasteiger partial charge is 0.333 e. The lowest BCUT2D eigenvalue weighted by molar-refractivity contribution is -0.384. The lowest BCUT2D eigenvalue weighted by Gasteiger charge is -2.08. The van der Waals surface area contributed by atoms with Crippen LogP contribution in [0.15, 0.2) is 0 Å².